The van der Waals surface area contributed by atoms with Crippen LogP contribution in [0.25, 0.3) is 0 Å². The van der Waals surface area contributed by atoms with E-state index < -0.39 is 17.4 Å². The summed E-state index contributed by atoms with van der Waals surface area (Å²) in [6, 6.07) is -0.284. The standard InChI is InChI=1S/C11H19NO4/c1-11(2,3)10(14)16-15-9(13)8-6-5-7-12(8)4/h8H,5-7H2,1-4H3/t8-/m0/s1. The van der Waals surface area contributed by atoms with Crippen LogP contribution >= 0.6 is 0 Å². The first-order valence-electron chi connectivity index (χ1n) is 5.45. The van der Waals surface area contributed by atoms with Gasteiger partial charge in [-0.15, -0.1) is 0 Å². The van der Waals surface area contributed by atoms with Crippen molar-refractivity contribution in [1.29, 1.82) is 0 Å². The zero-order valence-electron chi connectivity index (χ0n) is 10.3. The van der Waals surface area contributed by atoms with Crippen molar-refractivity contribution in [3.8, 4) is 0 Å². The molecule has 1 heterocycles. The minimum Gasteiger partial charge on any atom is -0.293 e. The molecule has 5 nitrogen and oxygen atoms in total. The molecule has 0 aliphatic carbocycles. The van der Waals surface area contributed by atoms with E-state index in [1.807, 2.05) is 11.9 Å². The van der Waals surface area contributed by atoms with Gasteiger partial charge in [-0.3, -0.25) is 4.90 Å². The number of hydrogen-bond donors (Lipinski definition) is 0. The van der Waals surface area contributed by atoms with E-state index in [0.717, 1.165) is 19.4 Å². The fourth-order valence-corrected chi connectivity index (χ4v) is 1.47. The summed E-state index contributed by atoms with van der Waals surface area (Å²) in [6.07, 6.45) is 1.71. The zero-order chi connectivity index (χ0) is 12.3. The molecule has 1 atom stereocenters. The van der Waals surface area contributed by atoms with Gasteiger partial charge in [-0.2, -0.15) is 0 Å². The minimum atomic E-state index is -0.665. The topological polar surface area (TPSA) is 55.8 Å². The molecule has 5 heteroatoms. The maximum absolute atomic E-state index is 11.5. The largest absolute Gasteiger partial charge is 0.372 e. The Balaban J connectivity index is 2.38. The summed E-state index contributed by atoms with van der Waals surface area (Å²) in [5, 5.41) is 0. The maximum atomic E-state index is 11.5. The van der Waals surface area contributed by atoms with Gasteiger partial charge in [0.2, 0.25) is 0 Å². The Morgan fingerprint density at radius 3 is 2.31 bits per heavy atom. The zero-order valence-corrected chi connectivity index (χ0v) is 10.3. The number of rotatable bonds is 1. The van der Waals surface area contributed by atoms with Crippen molar-refractivity contribution < 1.29 is 19.4 Å². The Morgan fingerprint density at radius 2 is 1.88 bits per heavy atom. The molecule has 0 saturated carbocycles. The highest BCUT2D eigenvalue weighted by Gasteiger charge is 2.32. The quantitative estimate of drug-likeness (QED) is 0.498. The molecule has 0 N–H and O–H groups in total. The fraction of sp³-hybridized carbons (Fsp3) is 0.818. The van der Waals surface area contributed by atoms with Crippen LogP contribution in [-0.2, 0) is 19.4 Å². The van der Waals surface area contributed by atoms with Crippen LogP contribution in [0.2, 0.25) is 0 Å². The van der Waals surface area contributed by atoms with Crippen LogP contribution < -0.4 is 0 Å². The molecule has 0 spiro atoms. The van der Waals surface area contributed by atoms with Crippen LogP contribution in [0.15, 0.2) is 0 Å². The molecular formula is C11H19NO4. The van der Waals surface area contributed by atoms with Gasteiger partial charge in [0.05, 0.1) is 5.41 Å². The number of hydrogen-bond acceptors (Lipinski definition) is 5. The summed E-state index contributed by atoms with van der Waals surface area (Å²) in [4.78, 5) is 33.9. The smallest absolute Gasteiger partial charge is 0.293 e. The lowest BCUT2D eigenvalue weighted by Gasteiger charge is -2.18. The monoisotopic (exact) mass is 229 g/mol. The van der Waals surface area contributed by atoms with E-state index in [4.69, 9.17) is 0 Å². The van der Waals surface area contributed by atoms with Crippen molar-refractivity contribution in [2.24, 2.45) is 5.41 Å². The predicted octanol–water partition coefficient (Wildman–Crippen LogP) is 1.13. The molecule has 16 heavy (non-hydrogen) atoms. The van der Waals surface area contributed by atoms with Gasteiger partial charge in [0, 0.05) is 0 Å². The van der Waals surface area contributed by atoms with Gasteiger partial charge < -0.3 is 0 Å². The van der Waals surface area contributed by atoms with Gasteiger partial charge in [-0.1, -0.05) is 0 Å². The molecule has 0 aromatic carbocycles. The first-order valence-corrected chi connectivity index (χ1v) is 5.45. The summed E-state index contributed by atoms with van der Waals surface area (Å²) >= 11 is 0. The van der Waals surface area contributed by atoms with Crippen molar-refractivity contribution in [3.63, 3.8) is 0 Å². The Kier molecular flexibility index (Phi) is 3.91. The molecule has 0 radical (unpaired) electrons. The highest BCUT2D eigenvalue weighted by molar-refractivity contribution is 5.79. The van der Waals surface area contributed by atoms with Gasteiger partial charge in [0.1, 0.15) is 6.04 Å². The molecular weight excluding hydrogens is 210 g/mol. The van der Waals surface area contributed by atoms with Crippen LogP contribution in [-0.4, -0.2) is 36.5 Å². The minimum absolute atomic E-state index is 0.284. The summed E-state index contributed by atoms with van der Waals surface area (Å²) in [5.41, 5.74) is -0.665. The maximum Gasteiger partial charge on any atom is 0.372 e. The lowest BCUT2D eigenvalue weighted by Crippen LogP contribution is -2.35. The van der Waals surface area contributed by atoms with Crippen LogP contribution in [0.1, 0.15) is 33.6 Å². The molecule has 1 aliphatic rings. The molecule has 0 bridgehead atoms. The number of likely N-dealkylation sites (N-methyl/N-ethyl adjacent to an activating group) is 1. The van der Waals surface area contributed by atoms with E-state index in [2.05, 4.69) is 9.78 Å². The SMILES string of the molecule is CN1CCC[C@H]1C(=O)OOC(=O)C(C)(C)C. The van der Waals surface area contributed by atoms with Gasteiger partial charge >= 0.3 is 11.9 Å². The summed E-state index contributed by atoms with van der Waals surface area (Å²) < 4.78 is 0. The lowest BCUT2D eigenvalue weighted by molar-refractivity contribution is -0.267. The number of carbonyl (C=O) groups is 2. The first kappa shape index (κ1) is 13.0. The Morgan fingerprint density at radius 1 is 1.25 bits per heavy atom. The van der Waals surface area contributed by atoms with E-state index in [1.54, 1.807) is 20.8 Å². The molecule has 1 aliphatic heterocycles. The summed E-state index contributed by atoms with van der Waals surface area (Å²) in [5.74, 6) is -1.03. The van der Waals surface area contributed by atoms with Crippen molar-refractivity contribution in [3.05, 3.63) is 0 Å². The van der Waals surface area contributed by atoms with Crippen molar-refractivity contribution >= 4 is 11.9 Å². The van der Waals surface area contributed by atoms with E-state index in [0.29, 0.717) is 0 Å². The van der Waals surface area contributed by atoms with E-state index >= 15 is 0 Å². The van der Waals surface area contributed by atoms with Gasteiger partial charge in [-0.25, -0.2) is 19.4 Å². The van der Waals surface area contributed by atoms with Gasteiger partial charge in [-0.05, 0) is 47.2 Å². The molecule has 92 valence electrons. The Labute approximate surface area is 95.6 Å². The van der Waals surface area contributed by atoms with Crippen LogP contribution in [0.5, 0.6) is 0 Å². The lowest BCUT2D eigenvalue weighted by atomic mass is 9.98. The molecule has 0 aromatic heterocycles. The summed E-state index contributed by atoms with van der Waals surface area (Å²) in [6.45, 7) is 5.97. The van der Waals surface area contributed by atoms with Crippen molar-refractivity contribution in [2.75, 3.05) is 13.6 Å². The molecule has 1 fully saturated rings. The molecule has 1 saturated heterocycles. The molecule has 0 amide bonds. The summed E-state index contributed by atoms with van der Waals surface area (Å²) in [7, 11) is 1.85. The van der Waals surface area contributed by atoms with Gasteiger partial charge in [0.25, 0.3) is 0 Å². The second-order valence-electron chi connectivity index (χ2n) is 5.16. The Bertz CT molecular complexity index is 282. The average molecular weight is 229 g/mol. The van der Waals surface area contributed by atoms with Crippen LogP contribution in [0.4, 0.5) is 0 Å². The van der Waals surface area contributed by atoms with E-state index in [-0.39, 0.29) is 6.04 Å². The Hall–Kier alpha value is -1.10. The van der Waals surface area contributed by atoms with Crippen LogP contribution in [0, 0.1) is 5.41 Å². The highest BCUT2D eigenvalue weighted by Crippen LogP contribution is 2.18. The fourth-order valence-electron chi connectivity index (χ4n) is 1.47. The predicted molar refractivity (Wildman–Crippen MR) is 57.3 cm³/mol. The number of likely N-dealkylation sites (tertiary alicyclic amines) is 1. The second kappa shape index (κ2) is 4.82. The third-order valence-electron chi connectivity index (χ3n) is 2.60. The van der Waals surface area contributed by atoms with Crippen molar-refractivity contribution in [2.45, 2.75) is 39.7 Å². The van der Waals surface area contributed by atoms with Crippen molar-refractivity contribution in [1.82, 2.24) is 4.90 Å². The molecule has 0 aromatic rings. The van der Waals surface area contributed by atoms with E-state index in [1.165, 1.54) is 0 Å². The van der Waals surface area contributed by atoms with Gasteiger partial charge in [0.15, 0.2) is 0 Å². The second-order valence-corrected chi connectivity index (χ2v) is 5.16. The average Bonchev–Trinajstić information content (AvgIpc) is 2.58. The van der Waals surface area contributed by atoms with E-state index in [9.17, 15) is 9.59 Å². The normalized spacial score (nSPS) is 21.9. The number of carbonyl (C=O) groups excluding carboxylic acids is 2. The number of nitrogens with zero attached hydrogens (tertiary/aromatic N) is 1. The third-order valence-corrected chi connectivity index (χ3v) is 2.60. The first-order chi connectivity index (χ1) is 7.32. The third kappa shape index (κ3) is 3.20. The molecule has 0 unspecified atom stereocenters. The molecule has 1 rings (SSSR count). The highest BCUT2D eigenvalue weighted by atomic mass is 17.2. The van der Waals surface area contributed by atoms with Crippen LogP contribution in [0.3, 0.4) is 0 Å².